The Balaban J connectivity index is 1.75. The molecule has 0 bridgehead atoms. The fourth-order valence-electron chi connectivity index (χ4n) is 2.44. The Morgan fingerprint density at radius 1 is 1.50 bits per heavy atom. The molecule has 0 spiro atoms. The number of fused-ring (bicyclic) bond motifs is 1. The number of H-pyrrole nitrogens is 1. The monoisotopic (exact) mass is 320 g/mol. The molecule has 1 saturated carbocycles. The first-order valence-electron chi connectivity index (χ1n) is 7.07. The lowest BCUT2D eigenvalue weighted by molar-refractivity contribution is -0.141. The summed E-state index contributed by atoms with van der Waals surface area (Å²) in [6.07, 6.45) is 2.24. The van der Waals surface area contributed by atoms with E-state index in [1.807, 2.05) is 0 Å². The van der Waals surface area contributed by atoms with Gasteiger partial charge < -0.3 is 19.5 Å². The van der Waals surface area contributed by atoms with Crippen LogP contribution in [0.4, 0.5) is 0 Å². The van der Waals surface area contributed by atoms with Crippen LogP contribution in [0.25, 0.3) is 11.1 Å². The smallest absolute Gasteiger partial charge is 0.307 e. The first-order chi connectivity index (χ1) is 10.6. The number of esters is 1. The molecule has 0 saturated heterocycles. The Morgan fingerprint density at radius 2 is 2.27 bits per heavy atom. The first-order valence-corrected chi connectivity index (χ1v) is 7.48. The number of oxazole rings is 1. The highest BCUT2D eigenvalue weighted by molar-refractivity contribution is 7.71. The van der Waals surface area contributed by atoms with Gasteiger partial charge in [0.2, 0.25) is 0 Å². The number of hydrogen-bond acceptors (Lipinski definition) is 5. The molecule has 1 amide bonds. The molecule has 1 atom stereocenters. The van der Waals surface area contributed by atoms with Crippen LogP contribution in [0.2, 0.25) is 0 Å². The largest absolute Gasteiger partial charge is 0.469 e. The van der Waals surface area contributed by atoms with Crippen molar-refractivity contribution in [3.05, 3.63) is 28.6 Å². The average Bonchev–Trinajstić information content (AvgIpc) is 3.27. The van der Waals surface area contributed by atoms with Gasteiger partial charge in [0.15, 0.2) is 5.58 Å². The number of aromatic amines is 1. The van der Waals surface area contributed by atoms with Crippen LogP contribution in [-0.2, 0) is 9.53 Å². The van der Waals surface area contributed by atoms with E-state index >= 15 is 0 Å². The predicted octanol–water partition coefficient (Wildman–Crippen LogP) is 2.56. The zero-order valence-electron chi connectivity index (χ0n) is 12.0. The maximum Gasteiger partial charge on any atom is 0.307 e. The molecule has 0 unspecified atom stereocenters. The number of aromatic nitrogens is 1. The van der Waals surface area contributed by atoms with Crippen LogP contribution < -0.4 is 5.32 Å². The van der Waals surface area contributed by atoms with Crippen LogP contribution >= 0.6 is 12.2 Å². The number of carbonyl (C=O) groups is 2. The highest BCUT2D eigenvalue weighted by Gasteiger charge is 2.34. The van der Waals surface area contributed by atoms with Gasteiger partial charge in [-0.3, -0.25) is 9.59 Å². The Kier molecular flexibility index (Phi) is 3.98. The number of amides is 1. The zero-order chi connectivity index (χ0) is 15.7. The third-order valence-electron chi connectivity index (χ3n) is 3.80. The van der Waals surface area contributed by atoms with Gasteiger partial charge in [-0.1, -0.05) is 0 Å². The molecule has 7 heteroatoms. The molecule has 0 radical (unpaired) electrons. The molecule has 1 aliphatic rings. The Morgan fingerprint density at radius 3 is 2.95 bits per heavy atom. The fraction of sp³-hybridized carbons (Fsp3) is 0.400. The number of rotatable bonds is 5. The lowest BCUT2D eigenvalue weighted by Gasteiger charge is -2.17. The highest BCUT2D eigenvalue weighted by Crippen LogP contribution is 2.34. The van der Waals surface area contributed by atoms with Gasteiger partial charge in [-0.15, -0.1) is 0 Å². The predicted molar refractivity (Wildman–Crippen MR) is 82.0 cm³/mol. The fourth-order valence-corrected chi connectivity index (χ4v) is 2.64. The maximum atomic E-state index is 12.4. The van der Waals surface area contributed by atoms with Gasteiger partial charge in [0, 0.05) is 11.6 Å². The normalized spacial score (nSPS) is 15.5. The standard InChI is InChI=1S/C15H16N2O4S/c1-20-13(18)7-11(8-2-3-8)16-14(19)9-4-5-10-12(6-9)21-15(22)17-10/h4-6,8,11H,2-3,7H2,1H3,(H,16,19)(H,17,22)/t11-/m1/s1. The van der Waals surface area contributed by atoms with Crippen molar-refractivity contribution in [2.45, 2.75) is 25.3 Å². The van der Waals surface area contributed by atoms with Crippen molar-refractivity contribution in [1.82, 2.24) is 10.3 Å². The van der Waals surface area contributed by atoms with E-state index < -0.39 is 0 Å². The van der Waals surface area contributed by atoms with E-state index in [2.05, 4.69) is 15.0 Å². The van der Waals surface area contributed by atoms with Gasteiger partial charge in [0.1, 0.15) is 0 Å². The number of carbonyl (C=O) groups excluding carboxylic acids is 2. The third kappa shape index (κ3) is 3.19. The minimum Gasteiger partial charge on any atom is -0.469 e. The van der Waals surface area contributed by atoms with Crippen molar-refractivity contribution in [3.63, 3.8) is 0 Å². The van der Waals surface area contributed by atoms with Gasteiger partial charge >= 0.3 is 5.97 Å². The van der Waals surface area contributed by atoms with Crippen molar-refractivity contribution >= 4 is 35.2 Å². The maximum absolute atomic E-state index is 12.4. The van der Waals surface area contributed by atoms with E-state index in [-0.39, 0.29) is 29.2 Å². The Bertz CT molecular complexity index is 775. The molecule has 3 rings (SSSR count). The summed E-state index contributed by atoms with van der Waals surface area (Å²) < 4.78 is 10.00. The summed E-state index contributed by atoms with van der Waals surface area (Å²) in [5.74, 6) is -0.197. The second-order valence-electron chi connectivity index (χ2n) is 5.42. The van der Waals surface area contributed by atoms with Crippen molar-refractivity contribution in [2.24, 2.45) is 5.92 Å². The first kappa shape index (κ1) is 14.8. The molecular formula is C15H16N2O4S. The van der Waals surface area contributed by atoms with Crippen molar-refractivity contribution in [1.29, 1.82) is 0 Å². The van der Waals surface area contributed by atoms with E-state index in [9.17, 15) is 9.59 Å². The third-order valence-corrected chi connectivity index (χ3v) is 3.99. The van der Waals surface area contributed by atoms with E-state index in [0.29, 0.717) is 17.1 Å². The van der Waals surface area contributed by atoms with Crippen LogP contribution in [0.3, 0.4) is 0 Å². The van der Waals surface area contributed by atoms with Crippen LogP contribution in [0.15, 0.2) is 22.6 Å². The summed E-state index contributed by atoms with van der Waals surface area (Å²) in [6.45, 7) is 0. The molecule has 2 aromatic rings. The number of nitrogens with one attached hydrogen (secondary N) is 2. The topological polar surface area (TPSA) is 84.3 Å². The van der Waals surface area contributed by atoms with Crippen LogP contribution in [0.1, 0.15) is 29.6 Å². The number of methoxy groups -OCH3 is 1. The van der Waals surface area contributed by atoms with Gasteiger partial charge in [-0.05, 0) is 49.2 Å². The number of hydrogen-bond donors (Lipinski definition) is 2. The van der Waals surface area contributed by atoms with E-state index in [1.165, 1.54) is 7.11 Å². The molecule has 6 nitrogen and oxygen atoms in total. The highest BCUT2D eigenvalue weighted by atomic mass is 32.1. The number of ether oxygens (including phenoxy) is 1. The molecule has 1 aliphatic carbocycles. The van der Waals surface area contributed by atoms with Crippen molar-refractivity contribution in [3.8, 4) is 0 Å². The quantitative estimate of drug-likeness (QED) is 0.653. The van der Waals surface area contributed by atoms with Crippen LogP contribution in [0, 0.1) is 10.8 Å². The number of benzene rings is 1. The average molecular weight is 320 g/mol. The van der Waals surface area contributed by atoms with E-state index in [4.69, 9.17) is 16.6 Å². The second-order valence-corrected chi connectivity index (χ2v) is 5.79. The minimum absolute atomic E-state index is 0.187. The summed E-state index contributed by atoms with van der Waals surface area (Å²) >= 11 is 4.92. The summed E-state index contributed by atoms with van der Waals surface area (Å²) in [7, 11) is 1.35. The molecule has 0 aliphatic heterocycles. The molecule has 1 heterocycles. The molecule has 22 heavy (non-hydrogen) atoms. The summed E-state index contributed by atoms with van der Waals surface area (Å²) in [6, 6.07) is 4.89. The molecule has 2 N–H and O–H groups in total. The summed E-state index contributed by atoms with van der Waals surface area (Å²) in [5, 5.41) is 2.91. The van der Waals surface area contributed by atoms with Gasteiger partial charge in [-0.2, -0.15) is 0 Å². The van der Waals surface area contributed by atoms with Gasteiger partial charge in [0.25, 0.3) is 10.7 Å². The molecular weight excluding hydrogens is 304 g/mol. The molecule has 1 fully saturated rings. The van der Waals surface area contributed by atoms with Crippen LogP contribution in [0.5, 0.6) is 0 Å². The molecule has 116 valence electrons. The van der Waals surface area contributed by atoms with Gasteiger partial charge in [0.05, 0.1) is 19.0 Å². The lowest BCUT2D eigenvalue weighted by atomic mass is 10.1. The van der Waals surface area contributed by atoms with Gasteiger partial charge in [-0.25, -0.2) is 0 Å². The second kappa shape index (κ2) is 5.92. The Hall–Kier alpha value is -2.15. The lowest BCUT2D eigenvalue weighted by Crippen LogP contribution is -2.38. The zero-order valence-corrected chi connectivity index (χ0v) is 12.9. The van der Waals surface area contributed by atoms with E-state index in [1.54, 1.807) is 18.2 Å². The van der Waals surface area contributed by atoms with E-state index in [0.717, 1.165) is 18.4 Å². The minimum atomic E-state index is -0.316. The Labute approximate surface area is 131 Å². The molecule has 1 aromatic heterocycles. The van der Waals surface area contributed by atoms with Crippen molar-refractivity contribution < 1.29 is 18.7 Å². The summed E-state index contributed by atoms with van der Waals surface area (Å²) in [4.78, 5) is 27.0. The van der Waals surface area contributed by atoms with Crippen LogP contribution in [-0.4, -0.2) is 30.0 Å². The SMILES string of the molecule is COC(=O)C[C@@H](NC(=O)c1ccc2[nH]c(=S)oc2c1)C1CC1. The summed E-state index contributed by atoms with van der Waals surface area (Å²) in [5.41, 5.74) is 1.75. The molecule has 1 aromatic carbocycles. The van der Waals surface area contributed by atoms with Crippen molar-refractivity contribution in [2.75, 3.05) is 7.11 Å².